The number of nitro benzene ring substituents is 1. The van der Waals surface area contributed by atoms with E-state index in [9.17, 15) is 19.7 Å². The summed E-state index contributed by atoms with van der Waals surface area (Å²) >= 11 is 1.26. The van der Waals surface area contributed by atoms with E-state index in [-0.39, 0.29) is 24.0 Å². The van der Waals surface area contributed by atoms with Crippen LogP contribution in [0.5, 0.6) is 0 Å². The molecule has 0 aliphatic rings. The molecular weight excluding hydrogens is 344 g/mol. The SMILES string of the molecule is CCOC(=O)c1cccc(NC(=O)CSc2ccc([N+](=O)[O-])cc2)c1. The molecule has 0 saturated carbocycles. The van der Waals surface area contributed by atoms with E-state index in [0.29, 0.717) is 11.3 Å². The van der Waals surface area contributed by atoms with Gasteiger partial charge in [0.25, 0.3) is 5.69 Å². The molecule has 0 aromatic heterocycles. The molecule has 0 heterocycles. The maximum atomic E-state index is 12.0. The third-order valence-electron chi connectivity index (χ3n) is 3.07. The lowest BCUT2D eigenvalue weighted by Gasteiger charge is -2.07. The highest BCUT2D eigenvalue weighted by Gasteiger charge is 2.10. The lowest BCUT2D eigenvalue weighted by atomic mass is 10.2. The van der Waals surface area contributed by atoms with Crippen LogP contribution in [0.25, 0.3) is 0 Å². The van der Waals surface area contributed by atoms with Crippen LogP contribution in [0, 0.1) is 10.1 Å². The van der Waals surface area contributed by atoms with Crippen LogP contribution in [0.3, 0.4) is 0 Å². The molecule has 0 radical (unpaired) electrons. The molecule has 0 bridgehead atoms. The number of ether oxygens (including phenoxy) is 1. The number of nitro groups is 1. The Kier molecular flexibility index (Phi) is 6.53. The highest BCUT2D eigenvalue weighted by atomic mass is 32.2. The van der Waals surface area contributed by atoms with Crippen molar-refractivity contribution in [3.05, 3.63) is 64.2 Å². The molecule has 1 N–H and O–H groups in total. The third kappa shape index (κ3) is 5.61. The number of carbonyl (C=O) groups excluding carboxylic acids is 2. The van der Waals surface area contributed by atoms with Gasteiger partial charge in [0.05, 0.1) is 22.8 Å². The topological polar surface area (TPSA) is 98.5 Å². The fourth-order valence-corrected chi connectivity index (χ4v) is 2.65. The minimum Gasteiger partial charge on any atom is -0.462 e. The number of amides is 1. The van der Waals surface area contributed by atoms with E-state index in [1.807, 2.05) is 0 Å². The molecule has 25 heavy (non-hydrogen) atoms. The average molecular weight is 360 g/mol. The molecule has 0 aliphatic heterocycles. The van der Waals surface area contributed by atoms with E-state index < -0.39 is 10.9 Å². The van der Waals surface area contributed by atoms with Gasteiger partial charge in [-0.25, -0.2) is 4.79 Å². The number of carbonyl (C=O) groups is 2. The maximum absolute atomic E-state index is 12.0. The normalized spacial score (nSPS) is 10.1. The van der Waals surface area contributed by atoms with Crippen molar-refractivity contribution in [2.75, 3.05) is 17.7 Å². The van der Waals surface area contributed by atoms with Crippen LogP contribution in [0.1, 0.15) is 17.3 Å². The number of thioether (sulfide) groups is 1. The van der Waals surface area contributed by atoms with E-state index in [0.717, 1.165) is 4.90 Å². The first kappa shape index (κ1) is 18.5. The zero-order valence-electron chi connectivity index (χ0n) is 13.4. The van der Waals surface area contributed by atoms with Gasteiger partial charge in [-0.1, -0.05) is 6.07 Å². The van der Waals surface area contributed by atoms with Crippen LogP contribution in [-0.4, -0.2) is 29.2 Å². The Morgan fingerprint density at radius 2 is 1.92 bits per heavy atom. The fourth-order valence-electron chi connectivity index (χ4n) is 1.95. The van der Waals surface area contributed by atoms with Gasteiger partial charge in [-0.2, -0.15) is 0 Å². The van der Waals surface area contributed by atoms with Gasteiger partial charge < -0.3 is 10.1 Å². The van der Waals surface area contributed by atoms with Crippen molar-refractivity contribution in [1.82, 2.24) is 0 Å². The summed E-state index contributed by atoms with van der Waals surface area (Å²) in [5.74, 6) is -0.551. The number of rotatable bonds is 7. The lowest BCUT2D eigenvalue weighted by molar-refractivity contribution is -0.384. The smallest absolute Gasteiger partial charge is 0.338 e. The number of benzene rings is 2. The Morgan fingerprint density at radius 3 is 2.56 bits per heavy atom. The number of non-ortho nitro benzene ring substituents is 1. The molecular formula is C17H16N2O5S. The van der Waals surface area contributed by atoms with Gasteiger partial charge in [-0.3, -0.25) is 14.9 Å². The average Bonchev–Trinajstić information content (AvgIpc) is 2.61. The minimum absolute atomic E-state index is 0.00424. The zero-order chi connectivity index (χ0) is 18.2. The summed E-state index contributed by atoms with van der Waals surface area (Å²) in [6, 6.07) is 12.5. The number of anilines is 1. The van der Waals surface area contributed by atoms with Gasteiger partial charge in [0, 0.05) is 22.7 Å². The van der Waals surface area contributed by atoms with Crippen molar-refractivity contribution in [2.24, 2.45) is 0 Å². The summed E-state index contributed by atoms with van der Waals surface area (Å²) in [7, 11) is 0. The molecule has 2 aromatic rings. The highest BCUT2D eigenvalue weighted by Crippen LogP contribution is 2.21. The molecule has 2 rings (SSSR count). The molecule has 2 aromatic carbocycles. The second-order valence-electron chi connectivity index (χ2n) is 4.89. The van der Waals surface area contributed by atoms with Crippen LogP contribution in [0.15, 0.2) is 53.4 Å². The Hall–Kier alpha value is -2.87. The lowest BCUT2D eigenvalue weighted by Crippen LogP contribution is -2.14. The second kappa shape index (κ2) is 8.84. The van der Waals surface area contributed by atoms with Crippen molar-refractivity contribution in [3.63, 3.8) is 0 Å². The molecule has 7 nitrogen and oxygen atoms in total. The molecule has 8 heteroatoms. The van der Waals surface area contributed by atoms with E-state index in [1.165, 1.54) is 23.9 Å². The number of esters is 1. The van der Waals surface area contributed by atoms with Crippen molar-refractivity contribution in [1.29, 1.82) is 0 Å². The van der Waals surface area contributed by atoms with Crippen molar-refractivity contribution >= 4 is 35.0 Å². The molecule has 0 saturated heterocycles. The summed E-state index contributed by atoms with van der Waals surface area (Å²) in [4.78, 5) is 34.6. The number of nitrogens with one attached hydrogen (secondary N) is 1. The second-order valence-corrected chi connectivity index (χ2v) is 5.94. The van der Waals surface area contributed by atoms with E-state index in [2.05, 4.69) is 5.32 Å². The highest BCUT2D eigenvalue weighted by molar-refractivity contribution is 8.00. The first-order valence-corrected chi connectivity index (χ1v) is 8.42. The summed E-state index contributed by atoms with van der Waals surface area (Å²) in [6.45, 7) is 2.00. The first-order valence-electron chi connectivity index (χ1n) is 7.44. The Balaban J connectivity index is 1.90. The number of hydrogen-bond acceptors (Lipinski definition) is 6. The number of hydrogen-bond donors (Lipinski definition) is 1. The molecule has 0 spiro atoms. The fraction of sp³-hybridized carbons (Fsp3) is 0.176. The summed E-state index contributed by atoms with van der Waals surface area (Å²) in [5.41, 5.74) is 0.868. The molecule has 0 aliphatic carbocycles. The molecule has 1 amide bonds. The Labute approximate surface area is 148 Å². The number of nitrogens with zero attached hydrogens (tertiary/aromatic N) is 1. The van der Waals surface area contributed by atoms with Gasteiger partial charge in [0.1, 0.15) is 0 Å². The van der Waals surface area contributed by atoms with E-state index in [4.69, 9.17) is 4.74 Å². The molecule has 0 unspecified atom stereocenters. The van der Waals surface area contributed by atoms with Crippen LogP contribution < -0.4 is 5.32 Å². The van der Waals surface area contributed by atoms with Crippen LogP contribution in [0.4, 0.5) is 11.4 Å². The maximum Gasteiger partial charge on any atom is 0.338 e. The monoisotopic (exact) mass is 360 g/mol. The van der Waals surface area contributed by atoms with Crippen LogP contribution in [-0.2, 0) is 9.53 Å². The predicted molar refractivity (Wildman–Crippen MR) is 94.8 cm³/mol. The van der Waals surface area contributed by atoms with Gasteiger partial charge in [0.15, 0.2) is 0 Å². The predicted octanol–water partition coefficient (Wildman–Crippen LogP) is 3.50. The van der Waals surface area contributed by atoms with Crippen molar-refractivity contribution < 1.29 is 19.2 Å². The van der Waals surface area contributed by atoms with Gasteiger partial charge in [-0.15, -0.1) is 11.8 Å². The Bertz CT molecular complexity index is 777. The summed E-state index contributed by atoms with van der Waals surface area (Å²) in [6.07, 6.45) is 0. The zero-order valence-corrected chi connectivity index (χ0v) is 14.2. The van der Waals surface area contributed by atoms with Crippen molar-refractivity contribution in [2.45, 2.75) is 11.8 Å². The standard InChI is InChI=1S/C17H16N2O5S/c1-2-24-17(21)12-4-3-5-13(10-12)18-16(20)11-25-15-8-6-14(7-9-15)19(22)23/h3-10H,2,11H2,1H3,(H,18,20). The van der Waals surface area contributed by atoms with Crippen LogP contribution >= 0.6 is 11.8 Å². The Morgan fingerprint density at radius 1 is 1.20 bits per heavy atom. The largest absolute Gasteiger partial charge is 0.462 e. The third-order valence-corrected chi connectivity index (χ3v) is 4.09. The minimum atomic E-state index is -0.475. The first-order chi connectivity index (χ1) is 12.0. The summed E-state index contributed by atoms with van der Waals surface area (Å²) in [5, 5.41) is 13.3. The van der Waals surface area contributed by atoms with Crippen molar-refractivity contribution in [3.8, 4) is 0 Å². The van der Waals surface area contributed by atoms with Gasteiger partial charge in [0.2, 0.25) is 5.91 Å². The molecule has 0 atom stereocenters. The van der Waals surface area contributed by atoms with Crippen LogP contribution in [0.2, 0.25) is 0 Å². The molecule has 130 valence electrons. The quantitative estimate of drug-likeness (QED) is 0.351. The molecule has 0 fully saturated rings. The van der Waals surface area contributed by atoms with E-state index >= 15 is 0 Å². The summed E-state index contributed by atoms with van der Waals surface area (Å²) < 4.78 is 4.92. The van der Waals surface area contributed by atoms with E-state index in [1.54, 1.807) is 43.3 Å². The van der Waals surface area contributed by atoms with Gasteiger partial charge >= 0.3 is 5.97 Å². The van der Waals surface area contributed by atoms with Gasteiger partial charge in [-0.05, 0) is 37.3 Å².